The highest BCUT2D eigenvalue weighted by molar-refractivity contribution is 9.10. The number of fused-ring (bicyclic) bond motifs is 1. The average molecular weight is 334 g/mol. The second-order valence-electron chi connectivity index (χ2n) is 4.58. The van der Waals surface area contributed by atoms with Crippen LogP contribution in [0.5, 0.6) is 0 Å². The average Bonchev–Trinajstić information content (AvgIpc) is 2.75. The molecule has 100 valence electrons. The highest BCUT2D eigenvalue weighted by Gasteiger charge is 2.20. The van der Waals surface area contributed by atoms with Crippen molar-refractivity contribution in [3.63, 3.8) is 0 Å². The van der Waals surface area contributed by atoms with Crippen LogP contribution in [0.15, 0.2) is 40.9 Å². The Bertz CT molecular complexity index is 722. The first-order valence-corrected chi connectivity index (χ1v) is 6.76. The highest BCUT2D eigenvalue weighted by Crippen LogP contribution is 2.25. The Balaban J connectivity index is 1.99. The summed E-state index contributed by atoms with van der Waals surface area (Å²) in [4.78, 5) is 23.6. The third kappa shape index (κ3) is 2.36. The van der Waals surface area contributed by atoms with Gasteiger partial charge in [-0.3, -0.25) is 9.59 Å². The Hall–Kier alpha value is -2.01. The number of nitrogens with one attached hydrogen (secondary N) is 1. The molecule has 2 aromatic rings. The lowest BCUT2D eigenvalue weighted by Gasteiger charge is -2.05. The first kappa shape index (κ1) is 13.0. The standard InChI is InChI=1S/C15H9BrFNO2/c16-11-4-10(5-12(17)7-11)15(20)8-1-2-13-9(3-8)6-14(19)18-13/h1-5,7H,6H2,(H,18,19). The van der Waals surface area contributed by atoms with Crippen molar-refractivity contribution >= 4 is 33.3 Å². The van der Waals surface area contributed by atoms with Crippen molar-refractivity contribution in [3.05, 3.63) is 63.4 Å². The van der Waals surface area contributed by atoms with Gasteiger partial charge in [-0.15, -0.1) is 0 Å². The lowest BCUT2D eigenvalue weighted by atomic mass is 10.0. The monoisotopic (exact) mass is 333 g/mol. The molecule has 0 saturated carbocycles. The fourth-order valence-corrected chi connectivity index (χ4v) is 2.69. The number of rotatable bonds is 2. The van der Waals surface area contributed by atoms with Gasteiger partial charge in [-0.2, -0.15) is 0 Å². The number of hydrogen-bond donors (Lipinski definition) is 1. The molecule has 20 heavy (non-hydrogen) atoms. The quantitative estimate of drug-likeness (QED) is 0.857. The molecular weight excluding hydrogens is 325 g/mol. The van der Waals surface area contributed by atoms with E-state index in [0.717, 1.165) is 11.3 Å². The largest absolute Gasteiger partial charge is 0.326 e. The number of benzene rings is 2. The van der Waals surface area contributed by atoms with Crippen molar-refractivity contribution in [2.24, 2.45) is 0 Å². The van der Waals surface area contributed by atoms with E-state index in [0.29, 0.717) is 10.0 Å². The summed E-state index contributed by atoms with van der Waals surface area (Å²) < 4.78 is 13.9. The van der Waals surface area contributed by atoms with Crippen molar-refractivity contribution in [2.45, 2.75) is 6.42 Å². The van der Waals surface area contributed by atoms with Crippen molar-refractivity contribution in [1.82, 2.24) is 0 Å². The second-order valence-corrected chi connectivity index (χ2v) is 5.50. The first-order valence-electron chi connectivity index (χ1n) is 5.96. The van der Waals surface area contributed by atoms with Gasteiger partial charge in [0.1, 0.15) is 5.82 Å². The minimum absolute atomic E-state index is 0.0851. The zero-order valence-corrected chi connectivity index (χ0v) is 11.8. The van der Waals surface area contributed by atoms with E-state index >= 15 is 0 Å². The normalized spacial score (nSPS) is 13.0. The molecular formula is C15H9BrFNO2. The van der Waals surface area contributed by atoms with Crippen LogP contribution in [0, 0.1) is 5.82 Å². The third-order valence-electron chi connectivity index (χ3n) is 3.12. The van der Waals surface area contributed by atoms with Crippen LogP contribution in [0.2, 0.25) is 0 Å². The number of carbonyl (C=O) groups excluding carboxylic acids is 2. The number of carbonyl (C=O) groups is 2. The molecule has 0 aromatic heterocycles. The summed E-state index contributed by atoms with van der Waals surface area (Å²) in [5.74, 6) is -0.828. The van der Waals surface area contributed by atoms with Crippen molar-refractivity contribution in [1.29, 1.82) is 0 Å². The number of amides is 1. The van der Waals surface area contributed by atoms with E-state index in [1.54, 1.807) is 24.3 Å². The van der Waals surface area contributed by atoms with Crippen molar-refractivity contribution in [2.75, 3.05) is 5.32 Å². The predicted octanol–water partition coefficient (Wildman–Crippen LogP) is 3.31. The van der Waals surface area contributed by atoms with Crippen LogP contribution in [0.25, 0.3) is 0 Å². The minimum Gasteiger partial charge on any atom is -0.326 e. The van der Waals surface area contributed by atoms with E-state index in [-0.39, 0.29) is 23.7 Å². The Kier molecular flexibility index (Phi) is 3.14. The van der Waals surface area contributed by atoms with Gasteiger partial charge in [-0.1, -0.05) is 15.9 Å². The summed E-state index contributed by atoms with van der Waals surface area (Å²) in [5, 5.41) is 2.70. The van der Waals surface area contributed by atoms with Crippen LogP contribution >= 0.6 is 15.9 Å². The molecule has 0 saturated heterocycles. The van der Waals surface area contributed by atoms with Gasteiger partial charge >= 0.3 is 0 Å². The van der Waals surface area contributed by atoms with Gasteiger partial charge in [0.05, 0.1) is 6.42 Å². The summed E-state index contributed by atoms with van der Waals surface area (Å²) in [6, 6.07) is 9.07. The van der Waals surface area contributed by atoms with Gasteiger partial charge in [-0.05, 0) is 42.0 Å². The maximum Gasteiger partial charge on any atom is 0.228 e. The van der Waals surface area contributed by atoms with Gasteiger partial charge in [0, 0.05) is 21.3 Å². The maximum absolute atomic E-state index is 13.3. The molecule has 0 spiro atoms. The molecule has 3 rings (SSSR count). The van der Waals surface area contributed by atoms with E-state index in [2.05, 4.69) is 21.2 Å². The fraction of sp³-hybridized carbons (Fsp3) is 0.0667. The Morgan fingerprint density at radius 1 is 1.15 bits per heavy atom. The van der Waals surface area contributed by atoms with Gasteiger partial charge in [0.25, 0.3) is 0 Å². The fourth-order valence-electron chi connectivity index (χ4n) is 2.22. The Morgan fingerprint density at radius 2 is 1.95 bits per heavy atom. The summed E-state index contributed by atoms with van der Waals surface area (Å²) in [6.07, 6.45) is 0.267. The molecule has 0 aliphatic carbocycles. The number of hydrogen-bond acceptors (Lipinski definition) is 2. The van der Waals surface area contributed by atoms with E-state index < -0.39 is 5.82 Å². The molecule has 0 atom stereocenters. The van der Waals surface area contributed by atoms with E-state index in [9.17, 15) is 14.0 Å². The van der Waals surface area contributed by atoms with Crippen molar-refractivity contribution in [3.8, 4) is 0 Å². The van der Waals surface area contributed by atoms with E-state index in [4.69, 9.17) is 0 Å². The zero-order valence-electron chi connectivity index (χ0n) is 10.2. The van der Waals surface area contributed by atoms with Crippen molar-refractivity contribution < 1.29 is 14.0 Å². The molecule has 5 heteroatoms. The molecule has 3 nitrogen and oxygen atoms in total. The smallest absolute Gasteiger partial charge is 0.228 e. The Morgan fingerprint density at radius 3 is 2.70 bits per heavy atom. The minimum atomic E-state index is -0.472. The predicted molar refractivity (Wildman–Crippen MR) is 76.3 cm³/mol. The summed E-state index contributed by atoms with van der Waals surface area (Å²) in [5.41, 5.74) is 2.23. The molecule has 1 aliphatic rings. The molecule has 1 aliphatic heterocycles. The molecule has 0 radical (unpaired) electrons. The first-order chi connectivity index (χ1) is 9.52. The SMILES string of the molecule is O=C1Cc2cc(C(=O)c3cc(F)cc(Br)c3)ccc2N1. The van der Waals surface area contributed by atoms with E-state index in [1.807, 2.05) is 0 Å². The van der Waals surface area contributed by atoms with Crippen LogP contribution in [0.4, 0.5) is 10.1 Å². The lowest BCUT2D eigenvalue weighted by Crippen LogP contribution is -2.03. The van der Waals surface area contributed by atoms with Crippen LogP contribution in [0.3, 0.4) is 0 Å². The van der Waals surface area contributed by atoms with Crippen LogP contribution < -0.4 is 5.32 Å². The topological polar surface area (TPSA) is 46.2 Å². The van der Waals surface area contributed by atoms with Gasteiger partial charge in [0.2, 0.25) is 5.91 Å². The maximum atomic E-state index is 13.3. The lowest BCUT2D eigenvalue weighted by molar-refractivity contribution is -0.115. The highest BCUT2D eigenvalue weighted by atomic mass is 79.9. The second kappa shape index (κ2) is 4.83. The molecule has 1 amide bonds. The van der Waals surface area contributed by atoms with E-state index in [1.165, 1.54) is 12.1 Å². The molecule has 0 unspecified atom stereocenters. The summed E-state index contributed by atoms with van der Waals surface area (Å²) in [6.45, 7) is 0. The van der Waals surface area contributed by atoms with Crippen LogP contribution in [-0.2, 0) is 11.2 Å². The third-order valence-corrected chi connectivity index (χ3v) is 3.58. The molecule has 0 bridgehead atoms. The molecule has 2 aromatic carbocycles. The Labute approximate surface area is 122 Å². The van der Waals surface area contributed by atoms with Gasteiger partial charge < -0.3 is 5.32 Å². The number of anilines is 1. The number of ketones is 1. The zero-order chi connectivity index (χ0) is 14.3. The van der Waals surface area contributed by atoms with Crippen LogP contribution in [-0.4, -0.2) is 11.7 Å². The molecule has 0 fully saturated rings. The van der Waals surface area contributed by atoms with Gasteiger partial charge in [-0.25, -0.2) is 4.39 Å². The van der Waals surface area contributed by atoms with Gasteiger partial charge in [0.15, 0.2) is 5.78 Å². The molecule has 1 N–H and O–H groups in total. The summed E-state index contributed by atoms with van der Waals surface area (Å²) in [7, 11) is 0. The number of halogens is 2. The van der Waals surface area contributed by atoms with Crippen LogP contribution in [0.1, 0.15) is 21.5 Å². The molecule has 1 heterocycles. The summed E-state index contributed by atoms with van der Waals surface area (Å²) >= 11 is 3.16.